The van der Waals surface area contributed by atoms with Gasteiger partial charge in [-0.15, -0.1) is 11.3 Å². The zero-order chi connectivity index (χ0) is 21.3. The number of amides is 1. The number of nitrogens with zero attached hydrogens (tertiary/aromatic N) is 2. The summed E-state index contributed by atoms with van der Waals surface area (Å²) in [6.45, 7) is 5.59. The van der Waals surface area contributed by atoms with Gasteiger partial charge < -0.3 is 9.47 Å². The van der Waals surface area contributed by atoms with E-state index in [1.54, 1.807) is 23.2 Å². The number of hydrogen-bond donors (Lipinski definition) is 0. The molecule has 30 heavy (non-hydrogen) atoms. The van der Waals surface area contributed by atoms with Crippen molar-refractivity contribution in [3.05, 3.63) is 28.6 Å². The minimum atomic E-state index is -0.669. The first-order chi connectivity index (χ1) is 14.5. The summed E-state index contributed by atoms with van der Waals surface area (Å²) in [4.78, 5) is 32.3. The fraction of sp³-hybridized carbons (Fsp3) is 0.522. The van der Waals surface area contributed by atoms with Crippen LogP contribution in [0.25, 0.3) is 11.3 Å². The third kappa shape index (κ3) is 4.08. The lowest BCUT2D eigenvalue weighted by Crippen LogP contribution is -2.53. The molecule has 2 aliphatic rings. The molecule has 7 heteroatoms. The Morgan fingerprint density at radius 1 is 1.33 bits per heavy atom. The number of esters is 1. The lowest BCUT2D eigenvalue weighted by atomic mass is 9.97. The normalized spacial score (nSPS) is 20.4. The molecule has 1 aliphatic heterocycles. The van der Waals surface area contributed by atoms with Gasteiger partial charge in [0.2, 0.25) is 0 Å². The Morgan fingerprint density at radius 3 is 2.77 bits per heavy atom. The number of carbonyl (C=O) groups excluding carboxylic acids is 2. The molecule has 2 atom stereocenters. The summed E-state index contributed by atoms with van der Waals surface area (Å²) in [6.07, 6.45) is 4.95. The molecule has 160 valence electrons. The van der Waals surface area contributed by atoms with Crippen LogP contribution in [-0.2, 0) is 14.3 Å². The highest BCUT2D eigenvalue weighted by Gasteiger charge is 2.40. The lowest BCUT2D eigenvalue weighted by Gasteiger charge is -2.37. The Hall–Kier alpha value is -2.41. The van der Waals surface area contributed by atoms with Gasteiger partial charge in [0.15, 0.2) is 6.10 Å². The Bertz CT molecular complexity index is 935. The van der Waals surface area contributed by atoms with Crippen LogP contribution in [0.1, 0.15) is 57.4 Å². The van der Waals surface area contributed by atoms with Crippen molar-refractivity contribution in [1.82, 2.24) is 4.98 Å². The molecule has 0 spiro atoms. The highest BCUT2D eigenvalue weighted by molar-refractivity contribution is 7.09. The van der Waals surface area contributed by atoms with E-state index in [0.29, 0.717) is 17.9 Å². The summed E-state index contributed by atoms with van der Waals surface area (Å²) >= 11 is 1.58. The minimum absolute atomic E-state index is 0.0438. The third-order valence-electron chi connectivity index (χ3n) is 5.83. The van der Waals surface area contributed by atoms with E-state index < -0.39 is 12.1 Å². The van der Waals surface area contributed by atoms with E-state index in [1.165, 1.54) is 6.42 Å². The van der Waals surface area contributed by atoms with Gasteiger partial charge in [-0.05, 0) is 64.2 Å². The second-order valence-electron chi connectivity index (χ2n) is 8.02. The molecule has 1 saturated carbocycles. The topological polar surface area (TPSA) is 68.7 Å². The number of carbonyl (C=O) groups is 2. The maximum atomic E-state index is 13.1. The number of anilines is 1. The Morgan fingerprint density at radius 2 is 2.10 bits per heavy atom. The number of aryl methyl sites for hydroxylation is 1. The van der Waals surface area contributed by atoms with Gasteiger partial charge in [0.1, 0.15) is 17.9 Å². The first kappa shape index (κ1) is 20.8. The number of thiazole rings is 1. The fourth-order valence-electron chi connectivity index (χ4n) is 4.22. The van der Waals surface area contributed by atoms with E-state index in [0.717, 1.165) is 41.9 Å². The highest BCUT2D eigenvalue weighted by Crippen LogP contribution is 2.39. The molecule has 0 bridgehead atoms. The monoisotopic (exact) mass is 428 g/mol. The van der Waals surface area contributed by atoms with Crippen molar-refractivity contribution >= 4 is 28.9 Å². The first-order valence-corrected chi connectivity index (χ1v) is 11.6. The van der Waals surface area contributed by atoms with Gasteiger partial charge in [-0.2, -0.15) is 0 Å². The zero-order valence-corrected chi connectivity index (χ0v) is 18.5. The van der Waals surface area contributed by atoms with E-state index in [-0.39, 0.29) is 18.0 Å². The van der Waals surface area contributed by atoms with E-state index in [1.807, 2.05) is 37.4 Å². The van der Waals surface area contributed by atoms with E-state index >= 15 is 0 Å². The SMILES string of the molecule is CCC(C(=O)OC1CCCCC1)N1C(=O)C(C)Oc2ccc(-c3csc(C)n3)cc21. The van der Waals surface area contributed by atoms with Crippen LogP contribution in [0.15, 0.2) is 23.6 Å². The van der Waals surface area contributed by atoms with Gasteiger partial charge in [-0.25, -0.2) is 9.78 Å². The third-order valence-corrected chi connectivity index (χ3v) is 6.60. The van der Waals surface area contributed by atoms with Crippen LogP contribution >= 0.6 is 11.3 Å². The maximum absolute atomic E-state index is 13.1. The summed E-state index contributed by atoms with van der Waals surface area (Å²) in [6, 6.07) is 5.02. The number of benzene rings is 1. The molecule has 0 saturated heterocycles. The molecule has 1 amide bonds. The van der Waals surface area contributed by atoms with Crippen molar-refractivity contribution in [2.24, 2.45) is 0 Å². The summed E-state index contributed by atoms with van der Waals surface area (Å²) in [5.74, 6) is 0.0518. The van der Waals surface area contributed by atoms with Gasteiger partial charge in [-0.1, -0.05) is 13.3 Å². The Labute approximate surface area is 181 Å². The van der Waals surface area contributed by atoms with Crippen LogP contribution in [0.5, 0.6) is 5.75 Å². The Balaban J connectivity index is 1.67. The fourth-order valence-corrected chi connectivity index (χ4v) is 4.84. The van der Waals surface area contributed by atoms with Gasteiger partial charge in [-0.3, -0.25) is 9.69 Å². The van der Waals surface area contributed by atoms with Crippen molar-refractivity contribution < 1.29 is 19.1 Å². The van der Waals surface area contributed by atoms with E-state index in [4.69, 9.17) is 9.47 Å². The van der Waals surface area contributed by atoms with Crippen molar-refractivity contribution in [2.75, 3.05) is 4.90 Å². The standard InChI is InChI=1S/C23H28N2O4S/c1-4-19(23(27)29-17-8-6-5-7-9-17)25-20-12-16(18-13-30-15(3)24-18)10-11-21(20)28-14(2)22(25)26/h10-14,17,19H,4-9H2,1-3H3. The average Bonchev–Trinajstić information content (AvgIpc) is 3.18. The molecule has 1 aromatic carbocycles. The zero-order valence-electron chi connectivity index (χ0n) is 17.7. The molecule has 1 aliphatic carbocycles. The van der Waals surface area contributed by atoms with Crippen molar-refractivity contribution in [3.8, 4) is 17.0 Å². The summed E-state index contributed by atoms with van der Waals surface area (Å²) in [7, 11) is 0. The molecule has 6 nitrogen and oxygen atoms in total. The van der Waals surface area contributed by atoms with Gasteiger partial charge in [0, 0.05) is 10.9 Å². The molecular formula is C23H28N2O4S. The summed E-state index contributed by atoms with van der Waals surface area (Å²) < 4.78 is 11.7. The second-order valence-corrected chi connectivity index (χ2v) is 9.09. The number of fused-ring (bicyclic) bond motifs is 1. The first-order valence-electron chi connectivity index (χ1n) is 10.7. The van der Waals surface area contributed by atoms with Crippen LogP contribution in [0.2, 0.25) is 0 Å². The average molecular weight is 429 g/mol. The van der Waals surface area contributed by atoms with Crippen LogP contribution in [-0.4, -0.2) is 35.1 Å². The van der Waals surface area contributed by atoms with Crippen LogP contribution in [0, 0.1) is 6.92 Å². The van der Waals surface area contributed by atoms with E-state index in [2.05, 4.69) is 4.98 Å². The van der Waals surface area contributed by atoms with Gasteiger partial charge >= 0.3 is 5.97 Å². The molecule has 2 heterocycles. The van der Waals surface area contributed by atoms with Crippen molar-refractivity contribution in [3.63, 3.8) is 0 Å². The molecule has 0 radical (unpaired) electrons. The quantitative estimate of drug-likeness (QED) is 0.635. The number of ether oxygens (including phenoxy) is 2. The Kier molecular flexibility index (Phi) is 6.09. The van der Waals surface area contributed by atoms with Gasteiger partial charge in [0.25, 0.3) is 5.91 Å². The molecule has 2 unspecified atom stereocenters. The van der Waals surface area contributed by atoms with Crippen LogP contribution in [0.4, 0.5) is 5.69 Å². The maximum Gasteiger partial charge on any atom is 0.329 e. The molecule has 0 N–H and O–H groups in total. The minimum Gasteiger partial charge on any atom is -0.479 e. The lowest BCUT2D eigenvalue weighted by molar-refractivity contribution is -0.153. The van der Waals surface area contributed by atoms with Crippen molar-refractivity contribution in [2.45, 2.75) is 77.5 Å². The van der Waals surface area contributed by atoms with Gasteiger partial charge in [0.05, 0.1) is 16.4 Å². The number of aromatic nitrogens is 1. The second kappa shape index (κ2) is 8.76. The molecule has 1 aromatic heterocycles. The highest BCUT2D eigenvalue weighted by atomic mass is 32.1. The van der Waals surface area contributed by atoms with Crippen LogP contribution in [0.3, 0.4) is 0 Å². The smallest absolute Gasteiger partial charge is 0.329 e. The number of rotatable bonds is 5. The number of hydrogen-bond acceptors (Lipinski definition) is 6. The largest absolute Gasteiger partial charge is 0.479 e. The predicted molar refractivity (Wildman–Crippen MR) is 117 cm³/mol. The molecular weight excluding hydrogens is 400 g/mol. The summed E-state index contributed by atoms with van der Waals surface area (Å²) in [5, 5.41) is 2.97. The molecule has 2 aromatic rings. The predicted octanol–water partition coefficient (Wildman–Crippen LogP) is 4.89. The summed E-state index contributed by atoms with van der Waals surface area (Å²) in [5.41, 5.74) is 2.35. The van der Waals surface area contributed by atoms with Crippen molar-refractivity contribution in [1.29, 1.82) is 0 Å². The molecule has 1 fully saturated rings. The van der Waals surface area contributed by atoms with E-state index in [9.17, 15) is 9.59 Å². The molecule has 4 rings (SSSR count). The van der Waals surface area contributed by atoms with Crippen LogP contribution < -0.4 is 9.64 Å².